The molecule has 0 atom stereocenters. The van der Waals surface area contributed by atoms with Crippen molar-refractivity contribution in [2.45, 2.75) is 13.5 Å². The molecule has 1 aromatic carbocycles. The molecule has 2 aromatic rings. The predicted molar refractivity (Wildman–Crippen MR) is 76.1 cm³/mol. The van der Waals surface area contributed by atoms with Gasteiger partial charge in [-0.05, 0) is 24.7 Å². The molecule has 0 saturated carbocycles. The van der Waals surface area contributed by atoms with E-state index in [0.29, 0.717) is 29.3 Å². The average Bonchev–Trinajstić information content (AvgIpc) is 2.77. The summed E-state index contributed by atoms with van der Waals surface area (Å²) in [7, 11) is 1.58. The van der Waals surface area contributed by atoms with Crippen LogP contribution in [0.25, 0.3) is 11.4 Å². The van der Waals surface area contributed by atoms with Crippen LogP contribution >= 0.6 is 12.2 Å². The van der Waals surface area contributed by atoms with Crippen LogP contribution in [-0.2, 0) is 11.3 Å². The van der Waals surface area contributed by atoms with Crippen LogP contribution in [0.15, 0.2) is 18.2 Å². The Labute approximate surface area is 120 Å². The molecule has 0 fully saturated rings. The minimum atomic E-state index is -0.416. The lowest BCUT2D eigenvalue weighted by Crippen LogP contribution is -2.07. The zero-order valence-electron chi connectivity index (χ0n) is 11.1. The van der Waals surface area contributed by atoms with Gasteiger partial charge in [-0.25, -0.2) is 0 Å². The maximum Gasteiger partial charge on any atom is 0.280 e. The third kappa shape index (κ3) is 2.61. The Morgan fingerprint density at radius 3 is 2.95 bits per heavy atom. The Morgan fingerprint density at radius 2 is 2.30 bits per heavy atom. The van der Waals surface area contributed by atoms with E-state index in [1.807, 2.05) is 0 Å². The lowest BCUT2D eigenvalue weighted by Gasteiger charge is -2.08. The van der Waals surface area contributed by atoms with Gasteiger partial charge >= 0.3 is 0 Å². The molecule has 0 aliphatic carbocycles. The van der Waals surface area contributed by atoms with Gasteiger partial charge in [-0.2, -0.15) is 5.10 Å². The highest BCUT2D eigenvalue weighted by Crippen LogP contribution is 2.31. The fourth-order valence-electron chi connectivity index (χ4n) is 1.99. The molecular weight excluding hydrogens is 280 g/mol. The first kappa shape index (κ1) is 14.4. The van der Waals surface area contributed by atoms with Crippen molar-refractivity contribution in [3.8, 4) is 11.4 Å². The van der Waals surface area contributed by atoms with E-state index in [2.05, 4.69) is 10.2 Å². The summed E-state index contributed by atoms with van der Waals surface area (Å²) < 4.78 is 7.14. The molecule has 8 heteroatoms. The first-order valence-electron chi connectivity index (χ1n) is 5.94. The van der Waals surface area contributed by atoms with Gasteiger partial charge in [0.2, 0.25) is 0 Å². The van der Waals surface area contributed by atoms with Gasteiger partial charge in [0.15, 0.2) is 10.6 Å². The monoisotopic (exact) mass is 294 g/mol. The lowest BCUT2D eigenvalue weighted by molar-refractivity contribution is -0.384. The van der Waals surface area contributed by atoms with Crippen molar-refractivity contribution >= 4 is 17.9 Å². The highest BCUT2D eigenvalue weighted by Gasteiger charge is 2.22. The number of rotatable bonds is 5. The van der Waals surface area contributed by atoms with E-state index in [1.54, 1.807) is 30.7 Å². The van der Waals surface area contributed by atoms with E-state index < -0.39 is 4.92 Å². The highest BCUT2D eigenvalue weighted by atomic mass is 32.1. The molecule has 1 aromatic heterocycles. The Hall–Kier alpha value is -2.06. The number of nitrogens with zero attached hydrogens (tertiary/aromatic N) is 3. The molecule has 20 heavy (non-hydrogen) atoms. The van der Waals surface area contributed by atoms with Crippen LogP contribution < -0.4 is 0 Å². The number of nitro benzene ring substituents is 1. The van der Waals surface area contributed by atoms with Crippen molar-refractivity contribution < 1.29 is 9.66 Å². The fourth-order valence-corrected chi connectivity index (χ4v) is 2.22. The summed E-state index contributed by atoms with van der Waals surface area (Å²) in [4.78, 5) is 10.8. The molecule has 106 valence electrons. The van der Waals surface area contributed by atoms with E-state index >= 15 is 0 Å². The smallest absolute Gasteiger partial charge is 0.280 e. The fraction of sp³-hybridized carbons (Fsp3) is 0.333. The lowest BCUT2D eigenvalue weighted by atomic mass is 10.1. The normalized spacial score (nSPS) is 10.7. The summed E-state index contributed by atoms with van der Waals surface area (Å²) in [5.41, 5.74) is 1.26. The highest BCUT2D eigenvalue weighted by molar-refractivity contribution is 7.71. The molecule has 0 aliphatic heterocycles. The molecule has 0 amide bonds. The molecule has 1 N–H and O–H groups in total. The third-order valence-electron chi connectivity index (χ3n) is 2.95. The van der Waals surface area contributed by atoms with Gasteiger partial charge in [-0.1, -0.05) is 12.1 Å². The maximum atomic E-state index is 11.2. The van der Waals surface area contributed by atoms with Gasteiger partial charge in [-0.15, -0.1) is 0 Å². The van der Waals surface area contributed by atoms with Crippen LogP contribution in [0, 0.1) is 21.8 Å². The number of H-pyrrole nitrogens is 1. The van der Waals surface area contributed by atoms with Crippen LogP contribution in [0.5, 0.6) is 0 Å². The minimum Gasteiger partial charge on any atom is -0.383 e. The van der Waals surface area contributed by atoms with E-state index in [4.69, 9.17) is 17.0 Å². The van der Waals surface area contributed by atoms with Gasteiger partial charge in [0.1, 0.15) is 0 Å². The Morgan fingerprint density at radius 1 is 1.55 bits per heavy atom. The number of aromatic nitrogens is 3. The number of ether oxygens (including phenoxy) is 1. The summed E-state index contributed by atoms with van der Waals surface area (Å²) in [6, 6.07) is 4.92. The van der Waals surface area contributed by atoms with Crippen LogP contribution in [0.3, 0.4) is 0 Å². The number of nitrogens with one attached hydrogen (secondary N) is 1. The van der Waals surface area contributed by atoms with E-state index in [9.17, 15) is 10.1 Å². The van der Waals surface area contributed by atoms with Crippen molar-refractivity contribution in [1.82, 2.24) is 14.8 Å². The number of benzene rings is 1. The average molecular weight is 294 g/mol. The van der Waals surface area contributed by atoms with Crippen LogP contribution in [0.1, 0.15) is 5.56 Å². The quantitative estimate of drug-likeness (QED) is 0.520. The van der Waals surface area contributed by atoms with Crippen molar-refractivity contribution in [3.05, 3.63) is 38.6 Å². The number of methoxy groups -OCH3 is 1. The van der Waals surface area contributed by atoms with Crippen LogP contribution in [0.2, 0.25) is 0 Å². The van der Waals surface area contributed by atoms with Crippen LogP contribution in [0.4, 0.5) is 5.69 Å². The SMILES string of the molecule is COCCn1c(-c2c(C)cccc2[N+](=O)[O-])n[nH]c1=S. The van der Waals surface area contributed by atoms with Gasteiger partial charge in [0, 0.05) is 13.2 Å². The van der Waals surface area contributed by atoms with Crippen molar-refractivity contribution in [3.63, 3.8) is 0 Å². The topological polar surface area (TPSA) is 86.0 Å². The molecule has 0 radical (unpaired) electrons. The molecule has 7 nitrogen and oxygen atoms in total. The van der Waals surface area contributed by atoms with Crippen molar-refractivity contribution in [1.29, 1.82) is 0 Å². The summed E-state index contributed by atoms with van der Waals surface area (Å²) in [6.07, 6.45) is 0. The maximum absolute atomic E-state index is 11.2. The number of aryl methyl sites for hydroxylation is 1. The minimum absolute atomic E-state index is 0.0117. The van der Waals surface area contributed by atoms with E-state index in [0.717, 1.165) is 5.56 Å². The van der Waals surface area contributed by atoms with E-state index in [1.165, 1.54) is 6.07 Å². The number of hydrogen-bond donors (Lipinski definition) is 1. The summed E-state index contributed by atoms with van der Waals surface area (Å²) in [5.74, 6) is 0.455. The number of aromatic amines is 1. The zero-order valence-corrected chi connectivity index (χ0v) is 11.9. The van der Waals surface area contributed by atoms with Crippen molar-refractivity contribution in [2.75, 3.05) is 13.7 Å². The molecule has 0 unspecified atom stereocenters. The van der Waals surface area contributed by atoms with Gasteiger partial charge in [0.25, 0.3) is 5.69 Å². The molecule has 0 aliphatic rings. The second-order valence-electron chi connectivity index (χ2n) is 4.22. The first-order valence-corrected chi connectivity index (χ1v) is 6.35. The van der Waals surface area contributed by atoms with Crippen LogP contribution in [-0.4, -0.2) is 33.4 Å². The Balaban J connectivity index is 2.63. The standard InChI is InChI=1S/C12H14N4O3S/c1-8-4-3-5-9(16(17)18)10(8)11-13-14-12(20)15(11)6-7-19-2/h3-5H,6-7H2,1-2H3,(H,14,20). The molecule has 2 rings (SSSR count). The number of nitro groups is 1. The Kier molecular flexibility index (Phi) is 4.26. The molecule has 1 heterocycles. The largest absolute Gasteiger partial charge is 0.383 e. The first-order chi connectivity index (χ1) is 9.56. The molecular formula is C12H14N4O3S. The predicted octanol–water partition coefficient (Wildman–Crippen LogP) is 2.47. The van der Waals surface area contributed by atoms with Gasteiger partial charge < -0.3 is 4.74 Å². The number of hydrogen-bond acceptors (Lipinski definition) is 5. The Bertz CT molecular complexity index is 692. The van der Waals surface area contributed by atoms with Crippen molar-refractivity contribution in [2.24, 2.45) is 0 Å². The molecule has 0 bridgehead atoms. The third-order valence-corrected chi connectivity index (χ3v) is 3.26. The summed E-state index contributed by atoms with van der Waals surface area (Å²) >= 11 is 5.16. The van der Waals surface area contributed by atoms with Gasteiger partial charge in [0.05, 0.1) is 23.6 Å². The molecule has 0 spiro atoms. The van der Waals surface area contributed by atoms with E-state index in [-0.39, 0.29) is 5.69 Å². The summed E-state index contributed by atoms with van der Waals surface area (Å²) in [5, 5.41) is 18.0. The second kappa shape index (κ2) is 5.93. The zero-order chi connectivity index (χ0) is 14.7. The van der Waals surface area contributed by atoms with Gasteiger partial charge in [-0.3, -0.25) is 19.8 Å². The molecule has 0 saturated heterocycles. The summed E-state index contributed by atoms with van der Waals surface area (Å²) in [6.45, 7) is 2.73. The second-order valence-corrected chi connectivity index (χ2v) is 4.61.